The number of primary amides is 1. The molecule has 0 bridgehead atoms. The van der Waals surface area contributed by atoms with E-state index in [4.69, 9.17) is 17.3 Å². The monoisotopic (exact) mass is 394 g/mol. The van der Waals surface area contributed by atoms with Gasteiger partial charge in [-0.05, 0) is 30.7 Å². The van der Waals surface area contributed by atoms with Crippen LogP contribution in [0.3, 0.4) is 0 Å². The molecule has 0 fully saturated rings. The van der Waals surface area contributed by atoms with Crippen LogP contribution in [0.25, 0.3) is 0 Å². The van der Waals surface area contributed by atoms with E-state index in [1.807, 2.05) is 55.5 Å². The number of nitrogens with two attached hydrogens (primary N) is 1. The topological polar surface area (TPSA) is 72.2 Å². The Kier molecular flexibility index (Phi) is 7.68. The highest BCUT2D eigenvalue weighted by atomic mass is 35.5. The van der Waals surface area contributed by atoms with Gasteiger partial charge in [0.15, 0.2) is 0 Å². The van der Waals surface area contributed by atoms with E-state index in [-0.39, 0.29) is 16.9 Å². The second-order valence-electron chi connectivity index (χ2n) is 5.27. The first-order chi connectivity index (χ1) is 12.0. The van der Waals surface area contributed by atoms with E-state index >= 15 is 0 Å². The number of hydrogen-bond acceptors (Lipinski definition) is 4. The minimum Gasteiger partial charge on any atom is -0.369 e. The van der Waals surface area contributed by atoms with Crippen molar-refractivity contribution in [3.8, 4) is 0 Å². The first kappa shape index (κ1) is 19.7. The minimum absolute atomic E-state index is 0.101. The first-order valence-electron chi connectivity index (χ1n) is 7.63. The smallest absolute Gasteiger partial charge is 0.234 e. The van der Waals surface area contributed by atoms with E-state index in [0.29, 0.717) is 16.5 Å². The molecule has 4 nitrogen and oxygen atoms in total. The number of amides is 2. The van der Waals surface area contributed by atoms with Gasteiger partial charge in [0.25, 0.3) is 0 Å². The van der Waals surface area contributed by atoms with Crippen LogP contribution in [-0.4, -0.2) is 23.3 Å². The quantitative estimate of drug-likeness (QED) is 0.653. The highest BCUT2D eigenvalue weighted by molar-refractivity contribution is 8.00. The Balaban J connectivity index is 1.92. The lowest BCUT2D eigenvalue weighted by Crippen LogP contribution is -2.16. The summed E-state index contributed by atoms with van der Waals surface area (Å²) in [4.78, 5) is 24.0. The molecular formula is C18H19ClN2O2S2. The summed E-state index contributed by atoms with van der Waals surface area (Å²) >= 11 is 9.02. The molecule has 3 N–H and O–H groups in total. The zero-order chi connectivity index (χ0) is 18.2. The number of rotatable bonds is 8. The minimum atomic E-state index is -0.393. The summed E-state index contributed by atoms with van der Waals surface area (Å²) in [6, 6.07) is 15.0. The Bertz CT molecular complexity index is 755. The molecule has 2 amide bonds. The fraction of sp³-hybridized carbons (Fsp3) is 0.222. The number of carbonyl (C=O) groups is 2. The molecule has 0 aliphatic rings. The SMILES string of the molecule is CC(SCC(=O)Nc1ccccc1SCC(N)=O)c1ccccc1Cl. The predicted octanol–water partition coefficient (Wildman–Crippen LogP) is 4.35. The highest BCUT2D eigenvalue weighted by Crippen LogP contribution is 2.33. The number of hydrogen-bond donors (Lipinski definition) is 2. The van der Waals surface area contributed by atoms with Crippen molar-refractivity contribution in [2.75, 3.05) is 16.8 Å². The number of thioether (sulfide) groups is 2. The van der Waals surface area contributed by atoms with E-state index in [0.717, 1.165) is 10.5 Å². The summed E-state index contributed by atoms with van der Waals surface area (Å²) in [5, 5.41) is 3.70. The fourth-order valence-corrected chi connectivity index (χ4v) is 4.10. The van der Waals surface area contributed by atoms with Crippen molar-refractivity contribution in [1.29, 1.82) is 0 Å². The van der Waals surface area contributed by atoms with Gasteiger partial charge in [0, 0.05) is 15.2 Å². The molecule has 7 heteroatoms. The van der Waals surface area contributed by atoms with Crippen molar-refractivity contribution in [1.82, 2.24) is 0 Å². The lowest BCUT2D eigenvalue weighted by atomic mass is 10.2. The zero-order valence-corrected chi connectivity index (χ0v) is 16.1. The lowest BCUT2D eigenvalue weighted by Gasteiger charge is -2.14. The van der Waals surface area contributed by atoms with Crippen LogP contribution in [0.15, 0.2) is 53.4 Å². The van der Waals surface area contributed by atoms with Gasteiger partial charge in [0.2, 0.25) is 11.8 Å². The maximum atomic E-state index is 12.3. The Morgan fingerprint density at radius 3 is 2.52 bits per heavy atom. The number of nitrogens with one attached hydrogen (secondary N) is 1. The molecule has 2 rings (SSSR count). The molecule has 0 radical (unpaired) electrons. The third kappa shape index (κ3) is 6.30. The molecule has 0 aliphatic heterocycles. The van der Waals surface area contributed by atoms with Crippen molar-refractivity contribution in [2.45, 2.75) is 17.1 Å². The molecule has 2 aromatic rings. The van der Waals surface area contributed by atoms with Gasteiger partial charge in [-0.2, -0.15) is 0 Å². The summed E-state index contributed by atoms with van der Waals surface area (Å²) in [5.41, 5.74) is 6.88. The van der Waals surface area contributed by atoms with Crippen LogP contribution < -0.4 is 11.1 Å². The lowest BCUT2D eigenvalue weighted by molar-refractivity contribution is -0.115. The Labute approximate surface area is 160 Å². The summed E-state index contributed by atoms with van der Waals surface area (Å²) in [7, 11) is 0. The van der Waals surface area contributed by atoms with Gasteiger partial charge in [-0.1, -0.05) is 41.9 Å². The summed E-state index contributed by atoms with van der Waals surface area (Å²) in [6.45, 7) is 2.02. The molecule has 0 spiro atoms. The van der Waals surface area contributed by atoms with E-state index < -0.39 is 5.91 Å². The molecule has 132 valence electrons. The molecular weight excluding hydrogens is 376 g/mol. The van der Waals surface area contributed by atoms with Crippen molar-refractivity contribution < 1.29 is 9.59 Å². The van der Waals surface area contributed by atoms with E-state index in [1.54, 1.807) is 0 Å². The van der Waals surface area contributed by atoms with Crippen LogP contribution in [0, 0.1) is 0 Å². The van der Waals surface area contributed by atoms with Crippen molar-refractivity contribution in [3.05, 3.63) is 59.1 Å². The summed E-state index contributed by atoms with van der Waals surface area (Å²) in [6.07, 6.45) is 0. The van der Waals surface area contributed by atoms with Crippen molar-refractivity contribution in [3.63, 3.8) is 0 Å². The van der Waals surface area contributed by atoms with Gasteiger partial charge in [0.05, 0.1) is 17.2 Å². The van der Waals surface area contributed by atoms with Crippen molar-refractivity contribution in [2.24, 2.45) is 5.73 Å². The Hall–Kier alpha value is -1.63. The van der Waals surface area contributed by atoms with Crippen LogP contribution in [0.2, 0.25) is 5.02 Å². The second kappa shape index (κ2) is 9.75. The molecule has 1 unspecified atom stereocenters. The second-order valence-corrected chi connectivity index (χ2v) is 8.03. The average molecular weight is 395 g/mol. The first-order valence-corrected chi connectivity index (χ1v) is 10.0. The van der Waals surface area contributed by atoms with Gasteiger partial charge in [-0.25, -0.2) is 0 Å². The number of carbonyl (C=O) groups excluding carboxylic acids is 2. The van der Waals surface area contributed by atoms with Gasteiger partial charge >= 0.3 is 0 Å². The summed E-state index contributed by atoms with van der Waals surface area (Å²) < 4.78 is 0. The number of para-hydroxylation sites is 1. The maximum Gasteiger partial charge on any atom is 0.234 e. The predicted molar refractivity (Wildman–Crippen MR) is 107 cm³/mol. The summed E-state index contributed by atoms with van der Waals surface area (Å²) in [5.74, 6) is -0.0156. The van der Waals surface area contributed by atoms with Crippen LogP contribution in [0.5, 0.6) is 0 Å². The molecule has 0 saturated carbocycles. The zero-order valence-electron chi connectivity index (χ0n) is 13.7. The van der Waals surface area contributed by atoms with Gasteiger partial charge in [-0.15, -0.1) is 23.5 Å². The van der Waals surface area contributed by atoms with Gasteiger partial charge in [-0.3, -0.25) is 9.59 Å². The maximum absolute atomic E-state index is 12.3. The van der Waals surface area contributed by atoms with Crippen LogP contribution in [0.4, 0.5) is 5.69 Å². The largest absolute Gasteiger partial charge is 0.369 e. The third-order valence-corrected chi connectivity index (χ3v) is 5.96. The molecule has 25 heavy (non-hydrogen) atoms. The normalized spacial score (nSPS) is 11.8. The molecule has 0 heterocycles. The van der Waals surface area contributed by atoms with Crippen LogP contribution in [0.1, 0.15) is 17.7 Å². The molecule has 2 aromatic carbocycles. The number of anilines is 1. The van der Waals surface area contributed by atoms with Crippen LogP contribution >= 0.6 is 35.1 Å². The van der Waals surface area contributed by atoms with Crippen LogP contribution in [-0.2, 0) is 9.59 Å². The number of benzene rings is 2. The van der Waals surface area contributed by atoms with E-state index in [2.05, 4.69) is 5.32 Å². The third-order valence-electron chi connectivity index (χ3n) is 3.34. The van der Waals surface area contributed by atoms with Crippen molar-refractivity contribution >= 4 is 52.6 Å². The highest BCUT2D eigenvalue weighted by Gasteiger charge is 2.13. The number of halogens is 1. The van der Waals surface area contributed by atoms with Gasteiger partial charge in [0.1, 0.15) is 0 Å². The fourth-order valence-electron chi connectivity index (χ4n) is 2.13. The molecule has 0 aromatic heterocycles. The van der Waals surface area contributed by atoms with E-state index in [1.165, 1.54) is 23.5 Å². The Morgan fingerprint density at radius 1 is 1.12 bits per heavy atom. The molecule has 0 saturated heterocycles. The molecule has 1 atom stereocenters. The average Bonchev–Trinajstić information content (AvgIpc) is 2.59. The van der Waals surface area contributed by atoms with Gasteiger partial charge < -0.3 is 11.1 Å². The molecule has 0 aliphatic carbocycles. The Morgan fingerprint density at radius 2 is 1.80 bits per heavy atom. The van der Waals surface area contributed by atoms with E-state index in [9.17, 15) is 9.59 Å². The standard InChI is InChI=1S/C18H19ClN2O2S2/c1-12(13-6-2-3-7-14(13)19)24-11-18(23)21-15-8-4-5-9-16(15)25-10-17(20)22/h2-9,12H,10-11H2,1H3,(H2,20,22)(H,21,23).